The molecule has 6 heteroatoms. The Kier molecular flexibility index (Phi) is 13.9. The van der Waals surface area contributed by atoms with Crippen molar-refractivity contribution in [2.24, 2.45) is 0 Å². The number of carbonyl (C=O) groups is 1. The smallest absolute Gasteiger partial charge is 0.333 e. The fraction of sp³-hybridized carbons (Fsp3) is 0.352. The minimum atomic E-state index is -4.01. The summed E-state index contributed by atoms with van der Waals surface area (Å²) in [6.07, 6.45) is 3.88. The molecule has 0 amide bonds. The highest BCUT2D eigenvalue weighted by molar-refractivity contribution is 7.89. The molecule has 314 valence electrons. The predicted octanol–water partition coefficient (Wildman–Crippen LogP) is 10.9. The van der Waals surface area contributed by atoms with E-state index in [1.165, 1.54) is 48.8 Å². The van der Waals surface area contributed by atoms with E-state index in [2.05, 4.69) is 141 Å². The van der Waals surface area contributed by atoms with Crippen LogP contribution in [0.25, 0.3) is 11.6 Å². The van der Waals surface area contributed by atoms with Crippen molar-refractivity contribution in [1.29, 1.82) is 0 Å². The molecule has 5 aromatic rings. The summed E-state index contributed by atoms with van der Waals surface area (Å²) < 4.78 is 36.1. The average molecular weight is 822 g/mol. The van der Waals surface area contributed by atoms with E-state index in [-0.39, 0.29) is 30.2 Å². The molecule has 5 aromatic carbocycles. The van der Waals surface area contributed by atoms with Crippen molar-refractivity contribution >= 4 is 27.6 Å². The lowest BCUT2D eigenvalue weighted by atomic mass is 9.81. The maximum absolute atomic E-state index is 14.7. The van der Waals surface area contributed by atoms with Gasteiger partial charge in [0, 0.05) is 24.2 Å². The van der Waals surface area contributed by atoms with E-state index in [4.69, 9.17) is 4.74 Å². The van der Waals surface area contributed by atoms with Crippen LogP contribution in [0.1, 0.15) is 154 Å². The van der Waals surface area contributed by atoms with Crippen molar-refractivity contribution in [3.63, 3.8) is 0 Å². The number of likely N-dealkylation sites (N-methyl/N-ethyl adjacent to an activating group) is 1. The Morgan fingerprint density at radius 2 is 1.33 bits per heavy atom. The van der Waals surface area contributed by atoms with Gasteiger partial charge in [-0.15, -0.1) is 0 Å². The van der Waals surface area contributed by atoms with Crippen LogP contribution in [0, 0.1) is 0 Å². The first-order valence-corrected chi connectivity index (χ1v) is 23.1. The van der Waals surface area contributed by atoms with E-state index >= 15 is 0 Å². The number of benzene rings is 5. The van der Waals surface area contributed by atoms with Crippen LogP contribution >= 0.6 is 0 Å². The van der Waals surface area contributed by atoms with E-state index in [1.54, 1.807) is 19.1 Å². The van der Waals surface area contributed by atoms with Crippen LogP contribution in [0.3, 0.4) is 0 Å². The molecule has 0 fully saturated rings. The van der Waals surface area contributed by atoms with Crippen molar-refractivity contribution in [1.82, 2.24) is 4.31 Å². The van der Waals surface area contributed by atoms with Crippen molar-refractivity contribution < 1.29 is 17.9 Å². The SMILES string of the molecule is C=C(C)C(=O)OCCN(CC)S(=O)(=O)c1ccccc1C1=c2cc/c(=C\c3c(C(C)C)cccc3C(C)C)cc2Cc2cc(Cc3c(C(C)C)cccc3C(C)C)ccc21. The third kappa shape index (κ3) is 9.31. The van der Waals surface area contributed by atoms with Gasteiger partial charge in [-0.1, -0.05) is 160 Å². The van der Waals surface area contributed by atoms with Gasteiger partial charge in [0.25, 0.3) is 0 Å². The Morgan fingerprint density at radius 3 is 1.92 bits per heavy atom. The largest absolute Gasteiger partial charge is 0.461 e. The molecule has 5 nitrogen and oxygen atoms in total. The van der Waals surface area contributed by atoms with Gasteiger partial charge in [0.1, 0.15) is 6.61 Å². The van der Waals surface area contributed by atoms with Crippen molar-refractivity contribution in [2.75, 3.05) is 19.7 Å². The van der Waals surface area contributed by atoms with Crippen molar-refractivity contribution in [3.8, 4) is 0 Å². The molecular formula is C54H63NO4S. The molecule has 0 bridgehead atoms. The highest BCUT2D eigenvalue weighted by atomic mass is 32.2. The molecule has 0 saturated heterocycles. The zero-order chi connectivity index (χ0) is 43.5. The van der Waals surface area contributed by atoms with Crippen molar-refractivity contribution in [3.05, 3.63) is 181 Å². The Morgan fingerprint density at radius 1 is 0.733 bits per heavy atom. The molecule has 60 heavy (non-hydrogen) atoms. The topological polar surface area (TPSA) is 63.7 Å². The molecule has 0 aromatic heterocycles. The quantitative estimate of drug-likeness (QED) is 0.0765. The summed E-state index contributed by atoms with van der Waals surface area (Å²) in [7, 11) is -4.01. The summed E-state index contributed by atoms with van der Waals surface area (Å²) in [5, 5.41) is 2.15. The van der Waals surface area contributed by atoms with Gasteiger partial charge < -0.3 is 4.74 Å². The second-order valence-electron chi connectivity index (χ2n) is 17.6. The van der Waals surface area contributed by atoms with Gasteiger partial charge in [-0.3, -0.25) is 0 Å². The Hall–Kier alpha value is -5.04. The number of esters is 1. The molecular weight excluding hydrogens is 759 g/mol. The molecule has 0 aliphatic heterocycles. The lowest BCUT2D eigenvalue weighted by Gasteiger charge is -2.26. The maximum atomic E-state index is 14.7. The number of carbonyl (C=O) groups excluding carboxylic acids is 1. The summed E-state index contributed by atoms with van der Waals surface area (Å²) in [6.45, 7) is 25.3. The average Bonchev–Trinajstić information content (AvgIpc) is 3.21. The number of rotatable bonds is 15. The van der Waals surface area contributed by atoms with E-state index in [0.29, 0.717) is 29.2 Å². The summed E-state index contributed by atoms with van der Waals surface area (Å²) in [5.74, 6) is 0.999. The number of ether oxygens (including phenoxy) is 1. The van der Waals surface area contributed by atoms with E-state index in [1.807, 2.05) is 19.1 Å². The Bertz CT molecular complexity index is 2600. The molecule has 0 heterocycles. The second-order valence-corrected chi connectivity index (χ2v) is 19.5. The highest BCUT2D eigenvalue weighted by Crippen LogP contribution is 2.36. The van der Waals surface area contributed by atoms with E-state index < -0.39 is 16.0 Å². The van der Waals surface area contributed by atoms with Crippen LogP contribution in [-0.4, -0.2) is 38.4 Å². The summed E-state index contributed by atoms with van der Waals surface area (Å²) in [6, 6.07) is 34.2. The second kappa shape index (κ2) is 18.7. The highest BCUT2D eigenvalue weighted by Gasteiger charge is 2.30. The van der Waals surface area contributed by atoms with Gasteiger partial charge >= 0.3 is 5.97 Å². The number of hydrogen-bond acceptors (Lipinski definition) is 4. The molecule has 0 unspecified atom stereocenters. The van der Waals surface area contributed by atoms with Crippen LogP contribution in [0.15, 0.2) is 114 Å². The zero-order valence-corrected chi connectivity index (χ0v) is 38.2. The lowest BCUT2D eigenvalue weighted by molar-refractivity contribution is -0.139. The van der Waals surface area contributed by atoms with Crippen LogP contribution in [-0.2, 0) is 32.4 Å². The van der Waals surface area contributed by atoms with Gasteiger partial charge in [0.05, 0.1) is 4.90 Å². The maximum Gasteiger partial charge on any atom is 0.333 e. The van der Waals surface area contributed by atoms with Gasteiger partial charge in [-0.2, -0.15) is 4.31 Å². The van der Waals surface area contributed by atoms with Crippen LogP contribution < -0.4 is 10.4 Å². The molecule has 1 aliphatic rings. The minimum absolute atomic E-state index is 0.0314. The third-order valence-corrected chi connectivity index (χ3v) is 13.9. The van der Waals surface area contributed by atoms with Crippen LogP contribution in [0.4, 0.5) is 0 Å². The first-order chi connectivity index (χ1) is 28.5. The zero-order valence-electron chi connectivity index (χ0n) is 37.4. The van der Waals surface area contributed by atoms with E-state index in [0.717, 1.165) is 40.0 Å². The number of fused-ring (bicyclic) bond motifs is 2. The minimum Gasteiger partial charge on any atom is -0.461 e. The van der Waals surface area contributed by atoms with E-state index in [9.17, 15) is 13.2 Å². The Labute approximate surface area is 359 Å². The Balaban J connectivity index is 1.56. The van der Waals surface area contributed by atoms with Crippen LogP contribution in [0.5, 0.6) is 0 Å². The molecule has 0 atom stereocenters. The van der Waals surface area contributed by atoms with Gasteiger partial charge in [0.15, 0.2) is 0 Å². The number of hydrogen-bond donors (Lipinski definition) is 0. The standard InChI is InChI=1S/C54H63NO4S/c1-12-55(27-28-59-54(56)38(10)11)60(57,58)52-22-14-13-17-49(52)53-47-25-23-39(31-50-43(34(2)3)18-15-19-44(50)35(4)5)29-41(47)33-42-30-40(24-26-48(42)53)32-51-45(36(6)7)20-16-21-46(51)37(8)9/h13-26,29-31,34-37H,10,12,27-28,32-33H2,1-9,11H3/b39-31+. The lowest BCUT2D eigenvalue weighted by Crippen LogP contribution is -2.35. The molecule has 1 aliphatic carbocycles. The molecule has 0 saturated carbocycles. The summed E-state index contributed by atoms with van der Waals surface area (Å²) >= 11 is 0. The number of nitrogens with zero attached hydrogens (tertiary/aromatic N) is 1. The first-order valence-electron chi connectivity index (χ1n) is 21.7. The monoisotopic (exact) mass is 821 g/mol. The third-order valence-electron chi connectivity index (χ3n) is 11.9. The molecule has 0 N–H and O–H groups in total. The van der Waals surface area contributed by atoms with Gasteiger partial charge in [-0.25, -0.2) is 13.2 Å². The summed E-state index contributed by atoms with van der Waals surface area (Å²) in [5.41, 5.74) is 14.6. The first kappa shape index (κ1) is 44.5. The fourth-order valence-electron chi connectivity index (χ4n) is 8.79. The molecule has 0 spiro atoms. The molecule has 0 radical (unpaired) electrons. The number of sulfonamides is 1. The van der Waals surface area contributed by atoms with Crippen LogP contribution in [0.2, 0.25) is 0 Å². The van der Waals surface area contributed by atoms with Gasteiger partial charge in [0.2, 0.25) is 10.0 Å². The van der Waals surface area contributed by atoms with Gasteiger partial charge in [-0.05, 0) is 127 Å². The fourth-order valence-corrected chi connectivity index (χ4v) is 10.4. The summed E-state index contributed by atoms with van der Waals surface area (Å²) in [4.78, 5) is 12.4. The van der Waals surface area contributed by atoms with Crippen molar-refractivity contribution in [2.45, 2.75) is 111 Å². The predicted molar refractivity (Wildman–Crippen MR) is 249 cm³/mol. The molecule has 6 rings (SSSR count). The normalized spacial score (nSPS) is 13.1.